The molecule has 3 bridgehead atoms. The summed E-state index contributed by atoms with van der Waals surface area (Å²) in [6.45, 7) is 0. The summed E-state index contributed by atoms with van der Waals surface area (Å²) in [5.41, 5.74) is 11.7. The van der Waals surface area contributed by atoms with Crippen molar-refractivity contribution in [3.8, 4) is 0 Å². The number of ether oxygens (including phenoxy) is 2. The van der Waals surface area contributed by atoms with Crippen LogP contribution in [0.2, 0.25) is 0 Å². The second kappa shape index (κ2) is 7.34. The van der Waals surface area contributed by atoms with E-state index in [2.05, 4.69) is 0 Å². The summed E-state index contributed by atoms with van der Waals surface area (Å²) in [7, 11) is 0. The number of nitrogens with zero attached hydrogens (tertiary/aromatic N) is 1. The number of carbonyl (C=O) groups excluding carboxylic acids is 1. The normalized spacial score (nSPS) is 54.1. The molecule has 10 atom stereocenters. The van der Waals surface area contributed by atoms with E-state index in [1.54, 1.807) is 4.90 Å². The number of carboxylic acid groups (broad SMARTS) is 1. The van der Waals surface area contributed by atoms with Gasteiger partial charge in [0.05, 0.1) is 17.8 Å². The van der Waals surface area contributed by atoms with Gasteiger partial charge in [-0.15, -0.1) is 0 Å². The number of piperidine rings is 1. The lowest BCUT2D eigenvalue weighted by atomic mass is 9.37. The van der Waals surface area contributed by atoms with Crippen LogP contribution in [0, 0.1) is 16.7 Å². The van der Waals surface area contributed by atoms with E-state index in [0.29, 0.717) is 25.2 Å². The molecule has 1 amide bonds. The van der Waals surface area contributed by atoms with Gasteiger partial charge in [-0.05, 0) is 68.1 Å². The Morgan fingerprint density at radius 2 is 1.76 bits per heavy atom. The van der Waals surface area contributed by atoms with E-state index in [1.165, 1.54) is 0 Å². The van der Waals surface area contributed by atoms with Gasteiger partial charge in [-0.1, -0.05) is 6.42 Å². The van der Waals surface area contributed by atoms with E-state index < -0.39 is 53.7 Å². The Balaban J connectivity index is 1.23. The minimum Gasteiger partial charge on any atom is -0.479 e. The van der Waals surface area contributed by atoms with Crippen molar-refractivity contribution in [2.45, 2.75) is 112 Å². The third-order valence-corrected chi connectivity index (χ3v) is 9.67. The SMILES string of the molecule is N[C@H](C(=O)N1[C@@H]2C[C@@H]2C[C@@H]1N)C12CC3(CCCC(O[C@@H]4O[C@H](C(=O)O)[C@@H](O)[C@H](O)[C@H]4O)(C3)C1)C2. The topological polar surface area (TPSA) is 189 Å². The van der Waals surface area contributed by atoms with Crippen molar-refractivity contribution in [3.05, 3.63) is 0 Å². The molecule has 7 rings (SSSR count). The summed E-state index contributed by atoms with van der Waals surface area (Å²) in [4.78, 5) is 26.8. The first-order valence-corrected chi connectivity index (χ1v) is 12.4. The first-order chi connectivity index (χ1) is 16.0. The molecule has 190 valence electrons. The maximum Gasteiger partial charge on any atom is 0.335 e. The average Bonchev–Trinajstić information content (AvgIpc) is 3.42. The lowest BCUT2D eigenvalue weighted by molar-refractivity contribution is -0.349. The summed E-state index contributed by atoms with van der Waals surface area (Å²) in [6.07, 6.45) is -1.24. The largest absolute Gasteiger partial charge is 0.479 e. The fourth-order valence-corrected chi connectivity index (χ4v) is 8.42. The van der Waals surface area contributed by atoms with E-state index in [4.69, 9.17) is 20.9 Å². The van der Waals surface area contributed by atoms with Crippen LogP contribution in [-0.4, -0.2) is 91.8 Å². The molecule has 5 saturated carbocycles. The number of aliphatic hydroxyl groups excluding tert-OH is 3. The van der Waals surface area contributed by atoms with E-state index in [0.717, 1.165) is 38.5 Å². The van der Waals surface area contributed by atoms with Crippen LogP contribution in [-0.2, 0) is 19.1 Å². The lowest BCUT2D eigenvalue weighted by Crippen LogP contribution is -2.71. The van der Waals surface area contributed by atoms with Crippen molar-refractivity contribution in [2.24, 2.45) is 28.2 Å². The molecule has 11 nitrogen and oxygen atoms in total. The number of aliphatic carboxylic acids is 1. The second-order valence-electron chi connectivity index (χ2n) is 12.0. The number of carbonyl (C=O) groups is 2. The van der Waals surface area contributed by atoms with E-state index >= 15 is 0 Å². The molecule has 2 aliphatic heterocycles. The first-order valence-electron chi connectivity index (χ1n) is 12.4. The van der Waals surface area contributed by atoms with E-state index in [-0.39, 0.29) is 23.5 Å². The molecule has 0 aromatic rings. The molecule has 7 fully saturated rings. The van der Waals surface area contributed by atoms with Gasteiger partial charge in [-0.2, -0.15) is 0 Å². The molecule has 5 aliphatic carbocycles. The Hall–Kier alpha value is -1.34. The van der Waals surface area contributed by atoms with Gasteiger partial charge in [0, 0.05) is 6.04 Å². The fraction of sp³-hybridized carbons (Fsp3) is 0.913. The summed E-state index contributed by atoms with van der Waals surface area (Å²) in [6, 6.07) is -0.497. The van der Waals surface area contributed by atoms with Gasteiger partial charge >= 0.3 is 5.97 Å². The van der Waals surface area contributed by atoms with Crippen LogP contribution in [0.5, 0.6) is 0 Å². The van der Waals surface area contributed by atoms with Crippen LogP contribution in [0.3, 0.4) is 0 Å². The molecule has 11 heteroatoms. The highest BCUT2D eigenvalue weighted by molar-refractivity contribution is 5.84. The van der Waals surface area contributed by atoms with Gasteiger partial charge in [0.15, 0.2) is 12.4 Å². The van der Waals surface area contributed by atoms with Crippen LogP contribution < -0.4 is 11.5 Å². The average molecular weight is 482 g/mol. The molecule has 8 N–H and O–H groups in total. The first kappa shape index (κ1) is 23.1. The summed E-state index contributed by atoms with van der Waals surface area (Å²) < 4.78 is 11.7. The smallest absolute Gasteiger partial charge is 0.335 e. The van der Waals surface area contributed by atoms with Gasteiger partial charge in [0.2, 0.25) is 5.91 Å². The summed E-state index contributed by atoms with van der Waals surface area (Å²) in [5, 5.41) is 40.1. The van der Waals surface area contributed by atoms with Crippen molar-refractivity contribution in [3.63, 3.8) is 0 Å². The monoisotopic (exact) mass is 481 g/mol. The molecule has 2 saturated heterocycles. The molecular formula is C23H35N3O8. The molecule has 0 aromatic heterocycles. The Morgan fingerprint density at radius 3 is 2.41 bits per heavy atom. The molecule has 7 aliphatic rings. The van der Waals surface area contributed by atoms with Gasteiger partial charge in [-0.3, -0.25) is 4.79 Å². The Kier molecular flexibility index (Phi) is 4.99. The van der Waals surface area contributed by atoms with Crippen LogP contribution >= 0.6 is 0 Å². The quantitative estimate of drug-likeness (QED) is 0.273. The lowest BCUT2D eigenvalue weighted by Gasteiger charge is -2.70. The summed E-state index contributed by atoms with van der Waals surface area (Å²) >= 11 is 0. The minimum absolute atomic E-state index is 0.00636. The third kappa shape index (κ3) is 3.21. The number of fused-ring (bicyclic) bond motifs is 1. The second-order valence-corrected chi connectivity index (χ2v) is 12.0. The minimum atomic E-state index is -1.77. The van der Waals surface area contributed by atoms with E-state index in [9.17, 15) is 30.0 Å². The number of aliphatic hydroxyl groups is 3. The molecule has 34 heavy (non-hydrogen) atoms. The zero-order chi connectivity index (χ0) is 24.2. The summed E-state index contributed by atoms with van der Waals surface area (Å²) in [5.74, 6) is -1.05. The maximum atomic E-state index is 13.5. The van der Waals surface area contributed by atoms with Crippen LogP contribution in [0.25, 0.3) is 0 Å². The van der Waals surface area contributed by atoms with Crippen molar-refractivity contribution >= 4 is 11.9 Å². The standard InChI is InChI=1S/C23H35N3O8/c24-12-5-10-4-11(10)26(12)18(30)17(25)22-6-21(7-22)2-1-3-23(8-21,9-22)34-20-15(29)13(27)14(28)16(33-20)19(31)32/h10-17,20,27-29H,1-9,24-25H2,(H,31,32)/t10-,11-,12-,13+,14+,15-,16+,17-,20+,21?,22?,23?/m1/s1. The van der Waals surface area contributed by atoms with Crippen molar-refractivity contribution in [1.82, 2.24) is 4.90 Å². The molecule has 1 unspecified atom stereocenters. The molecule has 0 radical (unpaired) electrons. The molecular weight excluding hydrogens is 446 g/mol. The number of rotatable bonds is 5. The van der Waals surface area contributed by atoms with Crippen LogP contribution in [0.4, 0.5) is 0 Å². The number of amides is 1. The van der Waals surface area contributed by atoms with Crippen molar-refractivity contribution in [1.29, 1.82) is 0 Å². The predicted molar refractivity (Wildman–Crippen MR) is 115 cm³/mol. The highest BCUT2D eigenvalue weighted by Gasteiger charge is 2.70. The third-order valence-electron chi connectivity index (χ3n) is 9.67. The Morgan fingerprint density at radius 1 is 1.03 bits per heavy atom. The number of likely N-dealkylation sites (tertiary alicyclic amines) is 1. The number of hydrogen-bond acceptors (Lipinski definition) is 9. The highest BCUT2D eigenvalue weighted by Crippen LogP contribution is 2.73. The van der Waals surface area contributed by atoms with Gasteiger partial charge < -0.3 is 46.3 Å². The Labute approximate surface area is 197 Å². The number of carboxylic acids is 1. The van der Waals surface area contributed by atoms with E-state index in [1.807, 2.05) is 0 Å². The van der Waals surface area contributed by atoms with Crippen molar-refractivity contribution < 1.29 is 39.5 Å². The molecule has 1 spiro atoms. The Bertz CT molecular complexity index is 893. The van der Waals surface area contributed by atoms with Crippen molar-refractivity contribution in [2.75, 3.05) is 0 Å². The zero-order valence-electron chi connectivity index (χ0n) is 19.1. The van der Waals surface area contributed by atoms with Gasteiger partial charge in [0.1, 0.15) is 18.3 Å². The van der Waals surface area contributed by atoms with Gasteiger partial charge in [0.25, 0.3) is 0 Å². The van der Waals surface area contributed by atoms with Crippen LogP contribution in [0.1, 0.15) is 57.8 Å². The maximum absolute atomic E-state index is 13.5. The number of hydrogen-bond donors (Lipinski definition) is 6. The molecule has 0 aromatic carbocycles. The zero-order valence-corrected chi connectivity index (χ0v) is 19.1. The molecule has 2 heterocycles. The predicted octanol–water partition coefficient (Wildman–Crippen LogP) is -1.39. The highest BCUT2D eigenvalue weighted by atomic mass is 16.7. The van der Waals surface area contributed by atoms with Gasteiger partial charge in [-0.25, -0.2) is 4.79 Å². The van der Waals surface area contributed by atoms with Crippen LogP contribution in [0.15, 0.2) is 0 Å². The number of nitrogens with two attached hydrogens (primary N) is 2. The fourth-order valence-electron chi connectivity index (χ4n) is 8.42.